The van der Waals surface area contributed by atoms with E-state index in [9.17, 15) is 13.2 Å². The number of hydrogen-bond donors (Lipinski definition) is 1. The summed E-state index contributed by atoms with van der Waals surface area (Å²) in [6.45, 7) is 0.840. The number of carboxylic acid groups (broad SMARTS) is 1. The molecule has 0 atom stereocenters. The molecule has 0 saturated carbocycles. The van der Waals surface area contributed by atoms with E-state index in [1.807, 2.05) is 0 Å². The lowest BCUT2D eigenvalue weighted by molar-refractivity contribution is 0.0696. The highest BCUT2D eigenvalue weighted by molar-refractivity contribution is 7.92. The lowest BCUT2D eigenvalue weighted by atomic mass is 10.0. The maximum Gasteiger partial charge on any atom is 0.335 e. The van der Waals surface area contributed by atoms with Crippen LogP contribution in [0.4, 0.5) is 5.69 Å². The fourth-order valence-electron chi connectivity index (χ4n) is 2.48. The van der Waals surface area contributed by atoms with Gasteiger partial charge in [-0.05, 0) is 43.0 Å². The van der Waals surface area contributed by atoms with Crippen LogP contribution in [0.1, 0.15) is 28.8 Å². The van der Waals surface area contributed by atoms with E-state index in [4.69, 9.17) is 9.84 Å². The molecule has 7 heteroatoms. The van der Waals surface area contributed by atoms with Crippen LogP contribution < -0.4 is 4.31 Å². The predicted molar refractivity (Wildman–Crippen MR) is 79.3 cm³/mol. The van der Waals surface area contributed by atoms with Crippen molar-refractivity contribution in [2.75, 3.05) is 30.3 Å². The van der Waals surface area contributed by atoms with Gasteiger partial charge in [0, 0.05) is 20.3 Å². The minimum absolute atomic E-state index is 0.0287. The molecule has 0 amide bonds. The van der Waals surface area contributed by atoms with Crippen molar-refractivity contribution in [2.24, 2.45) is 0 Å². The van der Waals surface area contributed by atoms with E-state index in [1.165, 1.54) is 17.5 Å². The molecule has 1 heterocycles. The number of rotatable bonds is 6. The molecule has 0 saturated heterocycles. The van der Waals surface area contributed by atoms with E-state index in [0.29, 0.717) is 38.1 Å². The topological polar surface area (TPSA) is 83.9 Å². The van der Waals surface area contributed by atoms with Gasteiger partial charge in [0.2, 0.25) is 10.0 Å². The number of sulfonamides is 1. The number of methoxy groups -OCH3 is 1. The third kappa shape index (κ3) is 3.54. The lowest BCUT2D eigenvalue weighted by Crippen LogP contribution is -2.37. The van der Waals surface area contributed by atoms with E-state index < -0.39 is 16.0 Å². The second-order valence-electron chi connectivity index (χ2n) is 4.99. The molecule has 21 heavy (non-hydrogen) atoms. The summed E-state index contributed by atoms with van der Waals surface area (Å²) in [4.78, 5) is 11.0. The molecule has 0 unspecified atom stereocenters. The maximum absolute atomic E-state index is 12.4. The molecule has 116 valence electrons. The van der Waals surface area contributed by atoms with Crippen LogP contribution in [0.25, 0.3) is 0 Å². The van der Waals surface area contributed by atoms with Gasteiger partial charge in [-0.3, -0.25) is 4.31 Å². The summed E-state index contributed by atoms with van der Waals surface area (Å²) in [6.07, 6.45) is 1.83. The number of nitrogens with zero attached hydrogens (tertiary/aromatic N) is 1. The zero-order valence-electron chi connectivity index (χ0n) is 11.9. The summed E-state index contributed by atoms with van der Waals surface area (Å²) in [5.41, 5.74) is 1.56. The molecule has 1 N–H and O–H groups in total. The Kier molecular flexibility index (Phi) is 4.84. The van der Waals surface area contributed by atoms with E-state index in [2.05, 4.69) is 0 Å². The van der Waals surface area contributed by atoms with Crippen LogP contribution in [0.3, 0.4) is 0 Å². The van der Waals surface area contributed by atoms with Crippen LogP contribution >= 0.6 is 0 Å². The molecule has 6 nitrogen and oxygen atoms in total. The molecule has 0 spiro atoms. The quantitative estimate of drug-likeness (QED) is 0.805. The summed E-state index contributed by atoms with van der Waals surface area (Å²) in [5, 5.41) is 9.01. The summed E-state index contributed by atoms with van der Waals surface area (Å²) in [5.74, 6) is -0.973. The Labute approximate surface area is 124 Å². The van der Waals surface area contributed by atoms with Gasteiger partial charge in [-0.15, -0.1) is 0 Å². The summed E-state index contributed by atoms with van der Waals surface area (Å²) in [7, 11) is -1.86. The molecule has 1 aliphatic rings. The van der Waals surface area contributed by atoms with Crippen LogP contribution in [0.5, 0.6) is 0 Å². The fourth-order valence-corrected chi connectivity index (χ4v) is 4.07. The molecule has 1 aromatic carbocycles. The number of fused-ring (bicyclic) bond motifs is 1. The number of aryl methyl sites for hydroxylation is 1. The van der Waals surface area contributed by atoms with E-state index in [1.54, 1.807) is 12.1 Å². The van der Waals surface area contributed by atoms with Gasteiger partial charge in [-0.2, -0.15) is 0 Å². The molecule has 0 aromatic heterocycles. The molecule has 0 aliphatic carbocycles. The first-order valence-electron chi connectivity index (χ1n) is 6.81. The van der Waals surface area contributed by atoms with Crippen molar-refractivity contribution in [3.8, 4) is 0 Å². The molecule has 1 aliphatic heterocycles. The Bertz CT molecular complexity index is 626. The number of ether oxygens (including phenoxy) is 1. The second-order valence-corrected chi connectivity index (χ2v) is 7.00. The maximum atomic E-state index is 12.4. The molecule has 0 fully saturated rings. The SMILES string of the molecule is COCCCS(=O)(=O)N1CCCc2cc(C(=O)O)ccc21. The smallest absolute Gasteiger partial charge is 0.335 e. The summed E-state index contributed by atoms with van der Waals surface area (Å²) >= 11 is 0. The third-order valence-corrected chi connectivity index (χ3v) is 5.34. The van der Waals surface area contributed by atoms with Crippen molar-refractivity contribution in [1.82, 2.24) is 0 Å². The minimum atomic E-state index is -3.40. The average molecular weight is 313 g/mol. The van der Waals surface area contributed by atoms with Crippen LogP contribution in [0.2, 0.25) is 0 Å². The number of benzene rings is 1. The van der Waals surface area contributed by atoms with Gasteiger partial charge >= 0.3 is 5.97 Å². The van der Waals surface area contributed by atoms with E-state index >= 15 is 0 Å². The number of carboxylic acids is 1. The fraction of sp³-hybridized carbons (Fsp3) is 0.500. The summed E-state index contributed by atoms with van der Waals surface area (Å²) in [6, 6.07) is 4.60. The molecule has 0 radical (unpaired) electrons. The predicted octanol–water partition coefficient (Wildman–Crippen LogP) is 1.50. The van der Waals surface area contributed by atoms with Gasteiger partial charge in [0.05, 0.1) is 17.0 Å². The zero-order chi connectivity index (χ0) is 15.5. The van der Waals surface area contributed by atoms with E-state index in [0.717, 1.165) is 5.56 Å². The molecule has 1 aromatic rings. The van der Waals surface area contributed by atoms with Crippen LogP contribution in [-0.4, -0.2) is 45.5 Å². The highest BCUT2D eigenvalue weighted by Crippen LogP contribution is 2.30. The van der Waals surface area contributed by atoms with Crippen molar-refractivity contribution in [3.05, 3.63) is 29.3 Å². The zero-order valence-corrected chi connectivity index (χ0v) is 12.7. The number of anilines is 1. The Morgan fingerprint density at radius 2 is 2.19 bits per heavy atom. The van der Waals surface area contributed by atoms with Gasteiger partial charge in [0.15, 0.2) is 0 Å². The largest absolute Gasteiger partial charge is 0.478 e. The molecular weight excluding hydrogens is 294 g/mol. The lowest BCUT2D eigenvalue weighted by Gasteiger charge is -2.30. The van der Waals surface area contributed by atoms with Crippen molar-refractivity contribution >= 4 is 21.7 Å². The van der Waals surface area contributed by atoms with Crippen molar-refractivity contribution in [2.45, 2.75) is 19.3 Å². The van der Waals surface area contributed by atoms with Crippen LogP contribution in [0.15, 0.2) is 18.2 Å². The Morgan fingerprint density at radius 3 is 2.86 bits per heavy atom. The van der Waals surface area contributed by atoms with Crippen molar-refractivity contribution in [1.29, 1.82) is 0 Å². The van der Waals surface area contributed by atoms with Gasteiger partial charge in [-0.25, -0.2) is 13.2 Å². The first-order valence-corrected chi connectivity index (χ1v) is 8.42. The van der Waals surface area contributed by atoms with Gasteiger partial charge in [0.1, 0.15) is 0 Å². The monoisotopic (exact) mass is 313 g/mol. The number of hydrogen-bond acceptors (Lipinski definition) is 4. The molecule has 0 bridgehead atoms. The number of aromatic carboxylic acids is 1. The van der Waals surface area contributed by atoms with Gasteiger partial charge in [-0.1, -0.05) is 0 Å². The van der Waals surface area contributed by atoms with Crippen molar-refractivity contribution < 1.29 is 23.1 Å². The first-order chi connectivity index (χ1) is 9.95. The second kappa shape index (κ2) is 6.44. The van der Waals surface area contributed by atoms with Gasteiger partial charge < -0.3 is 9.84 Å². The van der Waals surface area contributed by atoms with Crippen molar-refractivity contribution in [3.63, 3.8) is 0 Å². The average Bonchev–Trinajstić information content (AvgIpc) is 2.46. The van der Waals surface area contributed by atoms with Crippen LogP contribution in [0, 0.1) is 0 Å². The van der Waals surface area contributed by atoms with E-state index in [-0.39, 0.29) is 11.3 Å². The molecular formula is C14H19NO5S. The van der Waals surface area contributed by atoms with Gasteiger partial charge in [0.25, 0.3) is 0 Å². The Balaban J connectivity index is 2.27. The minimum Gasteiger partial charge on any atom is -0.478 e. The molecule has 2 rings (SSSR count). The Hall–Kier alpha value is -1.60. The Morgan fingerprint density at radius 1 is 1.43 bits per heavy atom. The first kappa shape index (κ1) is 15.8. The number of carbonyl (C=O) groups is 1. The highest BCUT2D eigenvalue weighted by atomic mass is 32.2. The summed E-state index contributed by atoms with van der Waals surface area (Å²) < 4.78 is 31.1. The standard InChI is InChI=1S/C14H19NO5S/c1-20-8-3-9-21(18,19)15-7-2-4-11-10-12(14(16)17)5-6-13(11)15/h5-6,10H,2-4,7-9H2,1H3,(H,16,17). The van der Waals surface area contributed by atoms with Crippen LogP contribution in [-0.2, 0) is 21.2 Å². The highest BCUT2D eigenvalue weighted by Gasteiger charge is 2.27. The normalized spacial score (nSPS) is 14.8. The third-order valence-electron chi connectivity index (χ3n) is 3.49.